The van der Waals surface area contributed by atoms with Gasteiger partial charge in [-0.1, -0.05) is 0 Å². The third-order valence-corrected chi connectivity index (χ3v) is 4.03. The number of hydrogen-bond acceptors (Lipinski definition) is 6. The first-order valence-corrected chi connectivity index (χ1v) is 7.78. The lowest BCUT2D eigenvalue weighted by molar-refractivity contribution is -0.134. The van der Waals surface area contributed by atoms with Crippen molar-refractivity contribution >= 4 is 17.8 Å². The number of nitrogens with two attached hydrogens (primary N) is 1. The SMILES string of the molecule is NC(=O)C1(CNC(=O)CCCNc2ncccn2)CCOCC1. The van der Waals surface area contributed by atoms with Crippen molar-refractivity contribution in [2.24, 2.45) is 11.1 Å². The minimum Gasteiger partial charge on any atom is -0.381 e. The van der Waals surface area contributed by atoms with Crippen LogP contribution in [0.3, 0.4) is 0 Å². The monoisotopic (exact) mass is 321 g/mol. The molecule has 0 atom stereocenters. The Bertz CT molecular complexity index is 517. The highest BCUT2D eigenvalue weighted by atomic mass is 16.5. The van der Waals surface area contributed by atoms with Crippen LogP contribution in [0.25, 0.3) is 0 Å². The van der Waals surface area contributed by atoms with E-state index in [2.05, 4.69) is 20.6 Å². The number of carbonyl (C=O) groups excluding carboxylic acids is 2. The molecule has 1 aliphatic rings. The lowest BCUT2D eigenvalue weighted by atomic mass is 9.79. The van der Waals surface area contributed by atoms with Crippen LogP contribution >= 0.6 is 0 Å². The van der Waals surface area contributed by atoms with Gasteiger partial charge in [0, 0.05) is 45.1 Å². The van der Waals surface area contributed by atoms with E-state index in [0.29, 0.717) is 51.4 Å². The summed E-state index contributed by atoms with van der Waals surface area (Å²) in [5, 5.41) is 5.86. The van der Waals surface area contributed by atoms with Crippen LogP contribution in [0.15, 0.2) is 18.5 Å². The minimum atomic E-state index is -0.677. The van der Waals surface area contributed by atoms with Crippen LogP contribution < -0.4 is 16.4 Å². The van der Waals surface area contributed by atoms with Crippen molar-refractivity contribution in [3.63, 3.8) is 0 Å². The second-order valence-electron chi connectivity index (χ2n) is 5.64. The van der Waals surface area contributed by atoms with Gasteiger partial charge in [-0.2, -0.15) is 0 Å². The molecule has 23 heavy (non-hydrogen) atoms. The zero-order valence-electron chi connectivity index (χ0n) is 13.1. The van der Waals surface area contributed by atoms with Gasteiger partial charge in [0.1, 0.15) is 0 Å². The molecule has 0 aliphatic carbocycles. The van der Waals surface area contributed by atoms with Gasteiger partial charge in [-0.3, -0.25) is 9.59 Å². The number of anilines is 1. The van der Waals surface area contributed by atoms with Crippen molar-refractivity contribution in [2.75, 3.05) is 31.6 Å². The normalized spacial score (nSPS) is 16.5. The molecule has 2 amide bonds. The third kappa shape index (κ3) is 5.17. The first-order chi connectivity index (χ1) is 11.1. The molecule has 0 saturated carbocycles. The van der Waals surface area contributed by atoms with E-state index in [0.717, 1.165) is 0 Å². The lowest BCUT2D eigenvalue weighted by Crippen LogP contribution is -2.49. The number of hydrogen-bond donors (Lipinski definition) is 3. The van der Waals surface area contributed by atoms with E-state index in [1.807, 2.05) is 0 Å². The highest BCUT2D eigenvalue weighted by Gasteiger charge is 2.38. The Morgan fingerprint density at radius 1 is 1.26 bits per heavy atom. The quantitative estimate of drug-likeness (QED) is 0.583. The fourth-order valence-electron chi connectivity index (χ4n) is 2.47. The number of primary amides is 1. The smallest absolute Gasteiger partial charge is 0.225 e. The molecule has 2 heterocycles. The fraction of sp³-hybridized carbons (Fsp3) is 0.600. The topological polar surface area (TPSA) is 119 Å². The average molecular weight is 321 g/mol. The first-order valence-electron chi connectivity index (χ1n) is 7.78. The summed E-state index contributed by atoms with van der Waals surface area (Å²) >= 11 is 0. The van der Waals surface area contributed by atoms with Crippen LogP contribution in [0.2, 0.25) is 0 Å². The summed E-state index contributed by atoms with van der Waals surface area (Å²) < 4.78 is 5.26. The maximum atomic E-state index is 11.9. The second kappa shape index (κ2) is 8.42. The van der Waals surface area contributed by atoms with Crippen molar-refractivity contribution in [1.82, 2.24) is 15.3 Å². The van der Waals surface area contributed by atoms with Gasteiger partial charge < -0.3 is 21.1 Å². The highest BCUT2D eigenvalue weighted by molar-refractivity contribution is 5.82. The maximum Gasteiger partial charge on any atom is 0.225 e. The number of nitrogens with zero attached hydrogens (tertiary/aromatic N) is 2. The summed E-state index contributed by atoms with van der Waals surface area (Å²) in [6.45, 7) is 1.88. The van der Waals surface area contributed by atoms with Gasteiger partial charge in [0.25, 0.3) is 0 Å². The van der Waals surface area contributed by atoms with Crippen molar-refractivity contribution < 1.29 is 14.3 Å². The van der Waals surface area contributed by atoms with Crippen molar-refractivity contribution in [1.29, 1.82) is 0 Å². The summed E-state index contributed by atoms with van der Waals surface area (Å²) in [4.78, 5) is 31.7. The van der Waals surface area contributed by atoms with Gasteiger partial charge in [-0.05, 0) is 25.3 Å². The number of carbonyl (C=O) groups is 2. The van der Waals surface area contributed by atoms with Crippen molar-refractivity contribution in [2.45, 2.75) is 25.7 Å². The number of amides is 2. The Kier molecular flexibility index (Phi) is 6.28. The molecule has 0 aromatic carbocycles. The van der Waals surface area contributed by atoms with E-state index in [1.165, 1.54) is 0 Å². The molecule has 0 radical (unpaired) electrons. The van der Waals surface area contributed by atoms with Gasteiger partial charge in [-0.15, -0.1) is 0 Å². The summed E-state index contributed by atoms with van der Waals surface area (Å²) in [5.41, 5.74) is 4.83. The zero-order chi connectivity index (χ0) is 16.5. The van der Waals surface area contributed by atoms with E-state index in [-0.39, 0.29) is 18.4 Å². The van der Waals surface area contributed by atoms with Gasteiger partial charge >= 0.3 is 0 Å². The van der Waals surface area contributed by atoms with E-state index in [1.54, 1.807) is 18.5 Å². The molecule has 8 nitrogen and oxygen atoms in total. The summed E-state index contributed by atoms with van der Waals surface area (Å²) in [7, 11) is 0. The minimum absolute atomic E-state index is 0.0899. The Balaban J connectivity index is 1.67. The number of ether oxygens (including phenoxy) is 1. The van der Waals surface area contributed by atoms with E-state index < -0.39 is 5.41 Å². The van der Waals surface area contributed by atoms with Crippen LogP contribution in [-0.2, 0) is 14.3 Å². The van der Waals surface area contributed by atoms with E-state index in [9.17, 15) is 9.59 Å². The molecule has 1 aromatic rings. The van der Waals surface area contributed by atoms with Crippen LogP contribution in [-0.4, -0.2) is 48.1 Å². The van der Waals surface area contributed by atoms with Crippen molar-refractivity contribution in [3.05, 3.63) is 18.5 Å². The van der Waals surface area contributed by atoms with Crippen molar-refractivity contribution in [3.8, 4) is 0 Å². The summed E-state index contributed by atoms with van der Waals surface area (Å²) in [6, 6.07) is 1.74. The molecule has 1 aromatic heterocycles. The second-order valence-corrected chi connectivity index (χ2v) is 5.64. The average Bonchev–Trinajstić information content (AvgIpc) is 2.58. The number of rotatable bonds is 8. The predicted molar refractivity (Wildman–Crippen MR) is 84.4 cm³/mol. The summed E-state index contributed by atoms with van der Waals surface area (Å²) in [5.74, 6) is 0.0830. The first kappa shape index (κ1) is 17.1. The van der Waals surface area contributed by atoms with E-state index >= 15 is 0 Å². The molecule has 126 valence electrons. The largest absolute Gasteiger partial charge is 0.381 e. The number of nitrogens with one attached hydrogen (secondary N) is 2. The molecule has 1 fully saturated rings. The molecule has 1 saturated heterocycles. The van der Waals surface area contributed by atoms with Gasteiger partial charge in [0.2, 0.25) is 17.8 Å². The van der Waals surface area contributed by atoms with Crippen LogP contribution in [0, 0.1) is 5.41 Å². The Labute approximate surface area is 135 Å². The van der Waals surface area contributed by atoms with E-state index in [4.69, 9.17) is 10.5 Å². The van der Waals surface area contributed by atoms with Gasteiger partial charge in [0.15, 0.2) is 0 Å². The van der Waals surface area contributed by atoms with Crippen LogP contribution in [0.4, 0.5) is 5.95 Å². The zero-order valence-corrected chi connectivity index (χ0v) is 13.1. The third-order valence-electron chi connectivity index (χ3n) is 4.03. The molecule has 0 spiro atoms. The molecule has 2 rings (SSSR count). The molecule has 1 aliphatic heterocycles. The predicted octanol–water partition coefficient (Wildman–Crippen LogP) is 0.0670. The Hall–Kier alpha value is -2.22. The molecule has 4 N–H and O–H groups in total. The fourth-order valence-corrected chi connectivity index (χ4v) is 2.47. The summed E-state index contributed by atoms with van der Waals surface area (Å²) in [6.07, 6.45) is 5.42. The van der Waals surface area contributed by atoms with Crippen LogP contribution in [0.1, 0.15) is 25.7 Å². The van der Waals surface area contributed by atoms with Gasteiger partial charge in [-0.25, -0.2) is 9.97 Å². The van der Waals surface area contributed by atoms with Crippen LogP contribution in [0.5, 0.6) is 0 Å². The lowest BCUT2D eigenvalue weighted by Gasteiger charge is -2.34. The number of aromatic nitrogens is 2. The molecule has 0 unspecified atom stereocenters. The standard InChI is InChI=1S/C15H23N5O3/c16-13(22)15(4-9-23-10-5-15)11-20-12(21)3-1-6-17-14-18-7-2-8-19-14/h2,7-8H,1,3-6,9-11H2,(H2,16,22)(H,20,21)(H,17,18,19). The Morgan fingerprint density at radius 3 is 2.61 bits per heavy atom. The molecular weight excluding hydrogens is 298 g/mol. The maximum absolute atomic E-state index is 11.9. The van der Waals surface area contributed by atoms with Gasteiger partial charge in [0.05, 0.1) is 5.41 Å². The highest BCUT2D eigenvalue weighted by Crippen LogP contribution is 2.29. The Morgan fingerprint density at radius 2 is 1.96 bits per heavy atom. The molecular formula is C15H23N5O3. The molecule has 0 bridgehead atoms. The molecule has 8 heteroatoms.